The fourth-order valence-electron chi connectivity index (χ4n) is 1.91. The van der Waals surface area contributed by atoms with Gasteiger partial charge in [-0.2, -0.15) is 0 Å². The number of aromatic carboxylic acids is 1. The zero-order valence-corrected chi connectivity index (χ0v) is 9.89. The fraction of sp³-hybridized carbons (Fsp3) is 0.462. The van der Waals surface area contributed by atoms with E-state index in [0.717, 1.165) is 18.9 Å². The van der Waals surface area contributed by atoms with Gasteiger partial charge in [-0.25, -0.2) is 9.18 Å². The van der Waals surface area contributed by atoms with E-state index in [9.17, 15) is 9.18 Å². The van der Waals surface area contributed by atoms with Crippen molar-refractivity contribution in [2.75, 3.05) is 13.2 Å². The Morgan fingerprint density at radius 3 is 2.78 bits per heavy atom. The van der Waals surface area contributed by atoms with Crippen LogP contribution >= 0.6 is 0 Å². The Balaban J connectivity index is 1.97. The van der Waals surface area contributed by atoms with Gasteiger partial charge in [0.2, 0.25) is 0 Å². The molecule has 18 heavy (non-hydrogen) atoms. The highest BCUT2D eigenvalue weighted by Gasteiger charge is 2.15. The number of rotatable bonds is 4. The zero-order valence-electron chi connectivity index (χ0n) is 9.89. The molecule has 1 aliphatic heterocycles. The van der Waals surface area contributed by atoms with Crippen LogP contribution in [0.5, 0.6) is 0 Å². The van der Waals surface area contributed by atoms with E-state index in [2.05, 4.69) is 0 Å². The molecule has 1 N–H and O–H groups in total. The number of benzene rings is 1. The van der Waals surface area contributed by atoms with Crippen LogP contribution in [-0.2, 0) is 16.1 Å². The van der Waals surface area contributed by atoms with Crippen LogP contribution in [0.15, 0.2) is 18.2 Å². The number of carboxylic acids is 1. The van der Waals surface area contributed by atoms with E-state index in [1.807, 2.05) is 0 Å². The summed E-state index contributed by atoms with van der Waals surface area (Å²) >= 11 is 0. The van der Waals surface area contributed by atoms with Gasteiger partial charge in [-0.15, -0.1) is 0 Å². The minimum absolute atomic E-state index is 0.0550. The summed E-state index contributed by atoms with van der Waals surface area (Å²) in [5, 5.41) is 8.83. The summed E-state index contributed by atoms with van der Waals surface area (Å²) in [7, 11) is 0. The number of halogens is 1. The highest BCUT2D eigenvalue weighted by molar-refractivity contribution is 5.87. The first kappa shape index (κ1) is 13.0. The van der Waals surface area contributed by atoms with Crippen molar-refractivity contribution < 1.29 is 23.8 Å². The summed E-state index contributed by atoms with van der Waals surface area (Å²) < 4.78 is 24.0. The molecule has 0 atom stereocenters. The molecule has 2 rings (SSSR count). The molecule has 5 heteroatoms. The first-order valence-corrected chi connectivity index (χ1v) is 5.87. The summed E-state index contributed by atoms with van der Waals surface area (Å²) in [6.45, 7) is 1.57. The van der Waals surface area contributed by atoms with E-state index < -0.39 is 11.8 Å². The van der Waals surface area contributed by atoms with Crippen molar-refractivity contribution in [1.29, 1.82) is 0 Å². The molecule has 1 saturated heterocycles. The third-order valence-corrected chi connectivity index (χ3v) is 2.86. The second kappa shape index (κ2) is 5.93. The SMILES string of the molecule is O=C(O)c1cc(F)cc(COC2CCOCC2)c1. The summed E-state index contributed by atoms with van der Waals surface area (Å²) in [5.74, 6) is -1.69. The molecule has 1 aromatic rings. The van der Waals surface area contributed by atoms with E-state index in [1.54, 1.807) is 0 Å². The molecule has 0 saturated carbocycles. The molecule has 0 spiro atoms. The zero-order chi connectivity index (χ0) is 13.0. The van der Waals surface area contributed by atoms with Gasteiger partial charge >= 0.3 is 5.97 Å². The van der Waals surface area contributed by atoms with Gasteiger partial charge in [-0.3, -0.25) is 0 Å². The molecule has 0 aliphatic carbocycles. The van der Waals surface area contributed by atoms with Crippen LogP contribution in [-0.4, -0.2) is 30.4 Å². The van der Waals surface area contributed by atoms with Crippen molar-refractivity contribution in [1.82, 2.24) is 0 Å². The number of carbonyl (C=O) groups is 1. The predicted molar refractivity (Wildman–Crippen MR) is 62.0 cm³/mol. The fourth-order valence-corrected chi connectivity index (χ4v) is 1.91. The van der Waals surface area contributed by atoms with Gasteiger partial charge in [-0.05, 0) is 36.6 Å². The summed E-state index contributed by atoms with van der Waals surface area (Å²) in [6, 6.07) is 3.73. The third-order valence-electron chi connectivity index (χ3n) is 2.86. The average molecular weight is 254 g/mol. The minimum Gasteiger partial charge on any atom is -0.478 e. The molecule has 1 heterocycles. The first-order chi connectivity index (χ1) is 8.65. The van der Waals surface area contributed by atoms with Crippen molar-refractivity contribution in [2.45, 2.75) is 25.6 Å². The van der Waals surface area contributed by atoms with E-state index in [-0.39, 0.29) is 18.3 Å². The number of ether oxygens (including phenoxy) is 2. The lowest BCUT2D eigenvalue weighted by atomic mass is 10.1. The van der Waals surface area contributed by atoms with Gasteiger partial charge < -0.3 is 14.6 Å². The number of hydrogen-bond donors (Lipinski definition) is 1. The van der Waals surface area contributed by atoms with E-state index in [4.69, 9.17) is 14.6 Å². The second-order valence-electron chi connectivity index (χ2n) is 4.28. The van der Waals surface area contributed by atoms with E-state index >= 15 is 0 Å². The minimum atomic E-state index is -1.14. The van der Waals surface area contributed by atoms with Crippen molar-refractivity contribution in [3.63, 3.8) is 0 Å². The van der Waals surface area contributed by atoms with E-state index in [0.29, 0.717) is 18.8 Å². The highest BCUT2D eigenvalue weighted by Crippen LogP contribution is 2.15. The van der Waals surface area contributed by atoms with Crippen molar-refractivity contribution in [3.8, 4) is 0 Å². The average Bonchev–Trinajstić information content (AvgIpc) is 2.37. The van der Waals surface area contributed by atoms with Gasteiger partial charge in [0.05, 0.1) is 18.3 Å². The molecule has 1 aromatic carbocycles. The van der Waals surface area contributed by atoms with Gasteiger partial charge in [0.25, 0.3) is 0 Å². The van der Waals surface area contributed by atoms with Crippen molar-refractivity contribution in [2.24, 2.45) is 0 Å². The maximum atomic E-state index is 13.2. The largest absolute Gasteiger partial charge is 0.478 e. The lowest BCUT2D eigenvalue weighted by Crippen LogP contribution is -2.23. The van der Waals surface area contributed by atoms with Crippen molar-refractivity contribution in [3.05, 3.63) is 35.1 Å². The van der Waals surface area contributed by atoms with Crippen LogP contribution in [0.3, 0.4) is 0 Å². The summed E-state index contributed by atoms with van der Waals surface area (Å²) in [6.07, 6.45) is 1.75. The van der Waals surface area contributed by atoms with Gasteiger partial charge in [0, 0.05) is 13.2 Å². The third kappa shape index (κ3) is 3.51. The lowest BCUT2D eigenvalue weighted by molar-refractivity contribution is -0.0391. The van der Waals surface area contributed by atoms with Gasteiger partial charge in [-0.1, -0.05) is 0 Å². The molecule has 1 fully saturated rings. The smallest absolute Gasteiger partial charge is 0.335 e. The second-order valence-corrected chi connectivity index (χ2v) is 4.28. The molecule has 0 amide bonds. The number of hydrogen-bond acceptors (Lipinski definition) is 3. The molecular formula is C13H15FO4. The molecular weight excluding hydrogens is 239 g/mol. The quantitative estimate of drug-likeness (QED) is 0.895. The molecule has 4 nitrogen and oxygen atoms in total. The maximum Gasteiger partial charge on any atom is 0.335 e. The van der Waals surface area contributed by atoms with E-state index in [1.165, 1.54) is 12.1 Å². The monoisotopic (exact) mass is 254 g/mol. The Labute approximate surface area is 104 Å². The van der Waals surface area contributed by atoms with Gasteiger partial charge in [0.15, 0.2) is 0 Å². The first-order valence-electron chi connectivity index (χ1n) is 5.87. The Morgan fingerprint density at radius 2 is 2.11 bits per heavy atom. The number of carboxylic acid groups (broad SMARTS) is 1. The Kier molecular flexibility index (Phi) is 4.28. The van der Waals surface area contributed by atoms with Crippen LogP contribution < -0.4 is 0 Å². The maximum absolute atomic E-state index is 13.2. The molecule has 0 aromatic heterocycles. The molecule has 0 unspecified atom stereocenters. The predicted octanol–water partition coefficient (Wildman–Crippen LogP) is 2.22. The Hall–Kier alpha value is -1.46. The molecule has 1 aliphatic rings. The topological polar surface area (TPSA) is 55.8 Å². The van der Waals surface area contributed by atoms with Crippen LogP contribution in [0.1, 0.15) is 28.8 Å². The van der Waals surface area contributed by atoms with Crippen LogP contribution in [0.2, 0.25) is 0 Å². The van der Waals surface area contributed by atoms with Gasteiger partial charge in [0.1, 0.15) is 5.82 Å². The highest BCUT2D eigenvalue weighted by atomic mass is 19.1. The normalized spacial score (nSPS) is 16.7. The standard InChI is InChI=1S/C13H15FO4/c14-11-6-9(5-10(7-11)13(15)16)8-18-12-1-3-17-4-2-12/h5-7,12H,1-4,8H2,(H,15,16). The van der Waals surface area contributed by atoms with Crippen molar-refractivity contribution >= 4 is 5.97 Å². The van der Waals surface area contributed by atoms with Crippen LogP contribution in [0.4, 0.5) is 4.39 Å². The summed E-state index contributed by atoms with van der Waals surface area (Å²) in [5.41, 5.74) is 0.486. The Morgan fingerprint density at radius 1 is 1.39 bits per heavy atom. The lowest BCUT2D eigenvalue weighted by Gasteiger charge is -2.22. The van der Waals surface area contributed by atoms with Crippen LogP contribution in [0.25, 0.3) is 0 Å². The Bertz CT molecular complexity index is 427. The molecule has 0 radical (unpaired) electrons. The summed E-state index contributed by atoms with van der Waals surface area (Å²) in [4.78, 5) is 10.8. The van der Waals surface area contributed by atoms with Crippen LogP contribution in [0, 0.1) is 5.82 Å². The molecule has 98 valence electrons. The molecule has 0 bridgehead atoms.